The van der Waals surface area contributed by atoms with Gasteiger partial charge in [0.25, 0.3) is 5.91 Å². The van der Waals surface area contributed by atoms with Crippen LogP contribution in [0.1, 0.15) is 29.9 Å². The summed E-state index contributed by atoms with van der Waals surface area (Å²) < 4.78 is 0. The summed E-state index contributed by atoms with van der Waals surface area (Å²) in [5, 5.41) is 1.86. The second kappa shape index (κ2) is 6.55. The van der Waals surface area contributed by atoms with E-state index in [1.165, 1.54) is 11.3 Å². The second-order valence-corrected chi connectivity index (χ2v) is 7.82. The number of carbonyl (C=O) groups excluding carboxylic acids is 3. The van der Waals surface area contributed by atoms with E-state index in [0.717, 1.165) is 0 Å². The molecule has 0 bridgehead atoms. The maximum Gasteiger partial charge on any atom is 0.264 e. The van der Waals surface area contributed by atoms with Gasteiger partial charge in [0.2, 0.25) is 11.8 Å². The molecule has 3 rings (SSSR count). The summed E-state index contributed by atoms with van der Waals surface area (Å²) in [5.41, 5.74) is 0. The smallest absolute Gasteiger partial charge is 0.264 e. The highest BCUT2D eigenvalue weighted by Crippen LogP contribution is 2.25. The topological polar surface area (TPSA) is 60.9 Å². The molecule has 3 amide bonds. The van der Waals surface area contributed by atoms with E-state index in [4.69, 9.17) is 0 Å². The van der Waals surface area contributed by atoms with Gasteiger partial charge in [-0.2, -0.15) is 0 Å². The molecule has 24 heavy (non-hydrogen) atoms. The van der Waals surface area contributed by atoms with Crippen molar-refractivity contribution in [2.75, 3.05) is 26.7 Å². The fourth-order valence-corrected chi connectivity index (χ4v) is 4.14. The first kappa shape index (κ1) is 17.0. The van der Waals surface area contributed by atoms with Crippen LogP contribution in [-0.2, 0) is 9.59 Å². The number of fused-ring (bicyclic) bond motifs is 1. The Hall–Kier alpha value is -1.89. The van der Waals surface area contributed by atoms with E-state index in [1.54, 1.807) is 27.8 Å². The van der Waals surface area contributed by atoms with Crippen LogP contribution in [0.4, 0.5) is 0 Å². The zero-order chi connectivity index (χ0) is 17.4. The van der Waals surface area contributed by atoms with Gasteiger partial charge >= 0.3 is 0 Å². The molecule has 130 valence electrons. The summed E-state index contributed by atoms with van der Waals surface area (Å²) >= 11 is 1.40. The van der Waals surface area contributed by atoms with Crippen molar-refractivity contribution in [3.05, 3.63) is 22.4 Å². The molecule has 0 saturated carbocycles. The van der Waals surface area contributed by atoms with Crippen molar-refractivity contribution < 1.29 is 14.4 Å². The fourth-order valence-electron chi connectivity index (χ4n) is 3.45. The standard InChI is InChI=1S/C17H23N3O3S/c1-11(2)9-12-16(22)20-7-6-19(10-13(20)15(21)18(12)3)17(23)14-5-4-8-24-14/h4-5,8,11-13H,6-7,9-10H2,1-3H3/t12-,13+/m0/s1. The van der Waals surface area contributed by atoms with Crippen molar-refractivity contribution in [1.82, 2.24) is 14.7 Å². The van der Waals surface area contributed by atoms with Crippen LogP contribution in [0.3, 0.4) is 0 Å². The molecule has 2 saturated heterocycles. The molecule has 2 aliphatic rings. The lowest BCUT2D eigenvalue weighted by Crippen LogP contribution is -2.69. The van der Waals surface area contributed by atoms with Gasteiger partial charge in [-0.15, -0.1) is 11.3 Å². The molecule has 2 fully saturated rings. The van der Waals surface area contributed by atoms with E-state index in [0.29, 0.717) is 30.3 Å². The third-order valence-corrected chi connectivity index (χ3v) is 5.62. The lowest BCUT2D eigenvalue weighted by molar-refractivity contribution is -0.163. The molecule has 0 aromatic carbocycles. The molecule has 1 aromatic rings. The van der Waals surface area contributed by atoms with E-state index in [2.05, 4.69) is 13.8 Å². The lowest BCUT2D eigenvalue weighted by Gasteiger charge is -2.48. The summed E-state index contributed by atoms with van der Waals surface area (Å²) in [5.74, 6) is 0.229. The first-order chi connectivity index (χ1) is 11.4. The SMILES string of the molecule is CC(C)C[C@H]1C(=O)N2CCN(C(=O)c3cccs3)C[C@@H]2C(=O)N1C. The predicted molar refractivity (Wildman–Crippen MR) is 91.7 cm³/mol. The number of hydrogen-bond donors (Lipinski definition) is 0. The molecule has 2 atom stereocenters. The normalized spacial score (nSPS) is 24.6. The molecular formula is C17H23N3O3S. The minimum Gasteiger partial charge on any atom is -0.334 e. The van der Waals surface area contributed by atoms with Crippen LogP contribution in [-0.4, -0.2) is 71.2 Å². The van der Waals surface area contributed by atoms with Gasteiger partial charge in [-0.3, -0.25) is 14.4 Å². The minimum atomic E-state index is -0.552. The second-order valence-electron chi connectivity index (χ2n) is 6.87. The number of likely N-dealkylation sites (N-methyl/N-ethyl adjacent to an activating group) is 1. The Labute approximate surface area is 146 Å². The molecular weight excluding hydrogens is 326 g/mol. The Kier molecular flexibility index (Phi) is 4.62. The molecule has 0 aliphatic carbocycles. The average Bonchev–Trinajstić information content (AvgIpc) is 3.10. The minimum absolute atomic E-state index is 0.0130. The van der Waals surface area contributed by atoms with Crippen molar-refractivity contribution in [3.8, 4) is 0 Å². The molecule has 0 unspecified atom stereocenters. The van der Waals surface area contributed by atoms with E-state index in [9.17, 15) is 14.4 Å². The lowest BCUT2D eigenvalue weighted by atomic mass is 9.95. The van der Waals surface area contributed by atoms with Gasteiger partial charge in [-0.05, 0) is 23.8 Å². The first-order valence-corrected chi connectivity index (χ1v) is 9.18. The van der Waals surface area contributed by atoms with Crippen molar-refractivity contribution >= 4 is 29.1 Å². The summed E-state index contributed by atoms with van der Waals surface area (Å²) in [7, 11) is 1.70. The van der Waals surface area contributed by atoms with Gasteiger partial charge in [0.15, 0.2) is 0 Å². The van der Waals surface area contributed by atoms with Crippen LogP contribution in [0.2, 0.25) is 0 Å². The Morgan fingerprint density at radius 2 is 2.04 bits per heavy atom. The van der Waals surface area contributed by atoms with Crippen molar-refractivity contribution in [3.63, 3.8) is 0 Å². The molecule has 0 N–H and O–H groups in total. The number of amides is 3. The summed E-state index contributed by atoms with van der Waals surface area (Å²) in [6.07, 6.45) is 0.669. The Morgan fingerprint density at radius 1 is 1.29 bits per heavy atom. The van der Waals surface area contributed by atoms with Crippen LogP contribution in [0.25, 0.3) is 0 Å². The fraction of sp³-hybridized carbons (Fsp3) is 0.588. The zero-order valence-electron chi connectivity index (χ0n) is 14.3. The Morgan fingerprint density at radius 3 is 2.67 bits per heavy atom. The highest BCUT2D eigenvalue weighted by atomic mass is 32.1. The summed E-state index contributed by atoms with van der Waals surface area (Å²) in [6.45, 7) is 5.28. The Balaban J connectivity index is 1.76. The third kappa shape index (κ3) is 2.92. The Bertz CT molecular complexity index is 644. The predicted octanol–water partition coefficient (Wildman–Crippen LogP) is 1.29. The summed E-state index contributed by atoms with van der Waals surface area (Å²) in [6, 6.07) is 2.70. The average molecular weight is 349 g/mol. The van der Waals surface area contributed by atoms with Crippen LogP contribution < -0.4 is 0 Å². The van der Waals surface area contributed by atoms with Crippen LogP contribution in [0.5, 0.6) is 0 Å². The molecule has 3 heterocycles. The molecule has 7 heteroatoms. The number of nitrogens with zero attached hydrogens (tertiary/aromatic N) is 3. The quantitative estimate of drug-likeness (QED) is 0.826. The molecule has 2 aliphatic heterocycles. The third-order valence-electron chi connectivity index (χ3n) is 4.76. The molecule has 6 nitrogen and oxygen atoms in total. The van der Waals surface area contributed by atoms with Crippen molar-refractivity contribution in [2.24, 2.45) is 5.92 Å². The maximum absolute atomic E-state index is 12.8. The largest absolute Gasteiger partial charge is 0.334 e. The van der Waals surface area contributed by atoms with E-state index >= 15 is 0 Å². The van der Waals surface area contributed by atoms with Gasteiger partial charge in [0.1, 0.15) is 12.1 Å². The van der Waals surface area contributed by atoms with E-state index < -0.39 is 6.04 Å². The van der Waals surface area contributed by atoms with Gasteiger partial charge < -0.3 is 14.7 Å². The van der Waals surface area contributed by atoms with Gasteiger partial charge in [-0.1, -0.05) is 19.9 Å². The van der Waals surface area contributed by atoms with Crippen molar-refractivity contribution in [2.45, 2.75) is 32.4 Å². The van der Waals surface area contributed by atoms with Crippen LogP contribution in [0.15, 0.2) is 17.5 Å². The van der Waals surface area contributed by atoms with Crippen LogP contribution >= 0.6 is 11.3 Å². The van der Waals surface area contributed by atoms with Crippen LogP contribution in [0, 0.1) is 5.92 Å². The highest BCUT2D eigenvalue weighted by molar-refractivity contribution is 7.12. The number of piperazine rings is 2. The number of carbonyl (C=O) groups is 3. The maximum atomic E-state index is 12.8. The molecule has 0 spiro atoms. The van der Waals surface area contributed by atoms with Gasteiger partial charge in [-0.25, -0.2) is 0 Å². The van der Waals surface area contributed by atoms with Crippen molar-refractivity contribution in [1.29, 1.82) is 0 Å². The van der Waals surface area contributed by atoms with E-state index in [-0.39, 0.29) is 30.3 Å². The zero-order valence-corrected chi connectivity index (χ0v) is 15.1. The molecule has 1 aromatic heterocycles. The monoisotopic (exact) mass is 349 g/mol. The first-order valence-electron chi connectivity index (χ1n) is 8.30. The number of thiophene rings is 1. The molecule has 0 radical (unpaired) electrons. The number of hydrogen-bond acceptors (Lipinski definition) is 4. The highest BCUT2D eigenvalue weighted by Gasteiger charge is 2.47. The van der Waals surface area contributed by atoms with E-state index in [1.807, 2.05) is 11.4 Å². The van der Waals surface area contributed by atoms with Gasteiger partial charge in [0, 0.05) is 20.1 Å². The number of rotatable bonds is 3. The van der Waals surface area contributed by atoms with Gasteiger partial charge in [0.05, 0.1) is 11.4 Å². The summed E-state index contributed by atoms with van der Waals surface area (Å²) in [4.78, 5) is 43.7.